The topological polar surface area (TPSA) is 66.7 Å². The maximum Gasteiger partial charge on any atom is 0.258 e. The van der Waals surface area contributed by atoms with E-state index in [-0.39, 0.29) is 11.5 Å². The fraction of sp³-hybridized carbons (Fsp3) is 0.348. The number of pyridine rings is 1. The molecule has 30 heavy (non-hydrogen) atoms. The summed E-state index contributed by atoms with van der Waals surface area (Å²) in [5.41, 5.74) is 3.63. The van der Waals surface area contributed by atoms with Gasteiger partial charge in [-0.15, -0.1) is 0 Å². The summed E-state index contributed by atoms with van der Waals surface area (Å²) in [5, 5.41) is 3.81. The Morgan fingerprint density at radius 1 is 1.27 bits per heavy atom. The Hall–Kier alpha value is -2.86. The van der Waals surface area contributed by atoms with Gasteiger partial charge in [0, 0.05) is 36.6 Å². The van der Waals surface area contributed by atoms with Crippen molar-refractivity contribution in [3.05, 3.63) is 74.8 Å². The van der Waals surface area contributed by atoms with E-state index in [0.717, 1.165) is 30.8 Å². The van der Waals surface area contributed by atoms with E-state index in [1.54, 1.807) is 18.3 Å². The number of halogens is 1. The number of nitrogens with zero attached hydrogens (tertiary/aromatic N) is 3. The number of aryl methyl sites for hydroxylation is 1. The zero-order chi connectivity index (χ0) is 21.3. The highest BCUT2D eigenvalue weighted by molar-refractivity contribution is 6.30. The number of carbonyl (C=O) groups is 1. The Morgan fingerprint density at radius 2 is 2.10 bits per heavy atom. The third-order valence-electron chi connectivity index (χ3n) is 5.55. The zero-order valence-corrected chi connectivity index (χ0v) is 17.9. The molecule has 4 rings (SSSR count). The number of hydrogen-bond acceptors (Lipinski definition) is 4. The van der Waals surface area contributed by atoms with E-state index in [1.807, 2.05) is 30.0 Å². The molecule has 1 N–H and O–H groups in total. The van der Waals surface area contributed by atoms with Crippen LogP contribution in [0.25, 0.3) is 5.65 Å². The first-order valence-electron chi connectivity index (χ1n) is 10.2. The molecule has 2 aromatic heterocycles. The summed E-state index contributed by atoms with van der Waals surface area (Å²) in [6.45, 7) is 6.23. The SMILES string of the molecule is Cc1cc(C(=O)N2CCCC(C)C2)ccc1NCc1cc(=O)n2cc(Cl)ccc2n1. The number of amides is 1. The van der Waals surface area contributed by atoms with Gasteiger partial charge in [-0.3, -0.25) is 14.0 Å². The summed E-state index contributed by atoms with van der Waals surface area (Å²) in [7, 11) is 0. The summed E-state index contributed by atoms with van der Waals surface area (Å²) >= 11 is 5.95. The molecule has 0 radical (unpaired) electrons. The molecule has 1 aromatic carbocycles. The summed E-state index contributed by atoms with van der Waals surface area (Å²) in [6, 6.07) is 10.6. The van der Waals surface area contributed by atoms with Crippen LogP contribution < -0.4 is 10.9 Å². The monoisotopic (exact) mass is 424 g/mol. The van der Waals surface area contributed by atoms with Crippen LogP contribution >= 0.6 is 11.6 Å². The molecule has 7 heteroatoms. The maximum absolute atomic E-state index is 12.8. The molecule has 3 heterocycles. The number of hydrogen-bond donors (Lipinski definition) is 1. The zero-order valence-electron chi connectivity index (χ0n) is 17.2. The van der Waals surface area contributed by atoms with Crippen LogP contribution in [0.2, 0.25) is 5.02 Å². The second-order valence-electron chi connectivity index (χ2n) is 8.04. The van der Waals surface area contributed by atoms with E-state index >= 15 is 0 Å². The van der Waals surface area contributed by atoms with Gasteiger partial charge in [-0.05, 0) is 61.6 Å². The first-order valence-corrected chi connectivity index (χ1v) is 10.6. The lowest BCUT2D eigenvalue weighted by Gasteiger charge is -2.31. The Morgan fingerprint density at radius 3 is 2.87 bits per heavy atom. The van der Waals surface area contributed by atoms with Gasteiger partial charge < -0.3 is 10.2 Å². The van der Waals surface area contributed by atoms with Crippen LogP contribution in [0.3, 0.4) is 0 Å². The van der Waals surface area contributed by atoms with Crippen molar-refractivity contribution in [3.63, 3.8) is 0 Å². The average molecular weight is 425 g/mol. The lowest BCUT2D eigenvalue weighted by atomic mass is 9.99. The standard InChI is InChI=1S/C23H25ClN4O2/c1-15-4-3-9-27(13-15)23(30)17-5-7-20(16(2)10-17)25-12-19-11-22(29)28-14-18(24)6-8-21(28)26-19/h5-8,10-11,14-15,25H,3-4,9,12-13H2,1-2H3. The van der Waals surface area contributed by atoms with Crippen molar-refractivity contribution >= 4 is 28.8 Å². The van der Waals surface area contributed by atoms with Gasteiger partial charge in [-0.1, -0.05) is 18.5 Å². The van der Waals surface area contributed by atoms with Crippen LogP contribution in [-0.4, -0.2) is 33.3 Å². The predicted octanol–water partition coefficient (Wildman–Crippen LogP) is 4.14. The van der Waals surface area contributed by atoms with E-state index in [9.17, 15) is 9.59 Å². The number of benzene rings is 1. The molecule has 0 aliphatic carbocycles. The minimum atomic E-state index is -0.173. The van der Waals surface area contributed by atoms with Crippen LogP contribution in [-0.2, 0) is 6.54 Å². The lowest BCUT2D eigenvalue weighted by Crippen LogP contribution is -2.39. The minimum Gasteiger partial charge on any atom is -0.379 e. The van der Waals surface area contributed by atoms with E-state index < -0.39 is 0 Å². The Balaban J connectivity index is 1.48. The fourth-order valence-electron chi connectivity index (χ4n) is 3.95. The predicted molar refractivity (Wildman–Crippen MR) is 119 cm³/mol. The molecule has 1 unspecified atom stereocenters. The molecule has 1 aliphatic heterocycles. The van der Waals surface area contributed by atoms with E-state index in [2.05, 4.69) is 17.2 Å². The van der Waals surface area contributed by atoms with Gasteiger partial charge in [0.05, 0.1) is 17.3 Å². The number of piperidine rings is 1. The number of likely N-dealkylation sites (tertiary alicyclic amines) is 1. The van der Waals surface area contributed by atoms with Crippen molar-refractivity contribution in [2.45, 2.75) is 33.2 Å². The average Bonchev–Trinajstić information content (AvgIpc) is 2.73. The van der Waals surface area contributed by atoms with Crippen LogP contribution in [0.1, 0.15) is 41.4 Å². The van der Waals surface area contributed by atoms with Crippen molar-refractivity contribution in [2.75, 3.05) is 18.4 Å². The van der Waals surface area contributed by atoms with Crippen molar-refractivity contribution < 1.29 is 4.79 Å². The van der Waals surface area contributed by atoms with Crippen molar-refractivity contribution in [1.29, 1.82) is 0 Å². The highest BCUT2D eigenvalue weighted by Gasteiger charge is 2.22. The van der Waals surface area contributed by atoms with E-state index in [0.29, 0.717) is 34.4 Å². The van der Waals surface area contributed by atoms with Crippen molar-refractivity contribution in [1.82, 2.24) is 14.3 Å². The number of anilines is 1. The minimum absolute atomic E-state index is 0.0964. The molecule has 3 aromatic rings. The first kappa shape index (κ1) is 20.4. The summed E-state index contributed by atoms with van der Waals surface area (Å²) in [5.74, 6) is 0.651. The molecule has 1 atom stereocenters. The molecule has 0 spiro atoms. The molecular weight excluding hydrogens is 400 g/mol. The number of aromatic nitrogens is 2. The molecule has 156 valence electrons. The third kappa shape index (κ3) is 4.33. The quantitative estimate of drug-likeness (QED) is 0.683. The highest BCUT2D eigenvalue weighted by Crippen LogP contribution is 2.21. The molecule has 1 amide bonds. The normalized spacial score (nSPS) is 16.6. The van der Waals surface area contributed by atoms with Crippen molar-refractivity contribution in [3.8, 4) is 0 Å². The summed E-state index contributed by atoms with van der Waals surface area (Å²) < 4.78 is 1.43. The van der Waals surface area contributed by atoms with Gasteiger partial charge in [0.15, 0.2) is 0 Å². The Bertz CT molecular complexity index is 1160. The van der Waals surface area contributed by atoms with Gasteiger partial charge in [0.2, 0.25) is 0 Å². The van der Waals surface area contributed by atoms with Crippen LogP contribution in [0.4, 0.5) is 5.69 Å². The Kier molecular flexibility index (Phi) is 5.77. The van der Waals surface area contributed by atoms with Gasteiger partial charge in [0.1, 0.15) is 5.65 Å². The van der Waals surface area contributed by atoms with E-state index in [1.165, 1.54) is 16.9 Å². The van der Waals surface area contributed by atoms with E-state index in [4.69, 9.17) is 11.6 Å². The summed E-state index contributed by atoms with van der Waals surface area (Å²) in [4.78, 5) is 31.6. The summed E-state index contributed by atoms with van der Waals surface area (Å²) in [6.07, 6.45) is 3.81. The van der Waals surface area contributed by atoms with Gasteiger partial charge in [0.25, 0.3) is 11.5 Å². The van der Waals surface area contributed by atoms with Gasteiger partial charge in [-0.2, -0.15) is 0 Å². The molecule has 0 bridgehead atoms. The number of fused-ring (bicyclic) bond motifs is 1. The van der Waals surface area contributed by atoms with Gasteiger partial charge in [-0.25, -0.2) is 4.98 Å². The van der Waals surface area contributed by atoms with Gasteiger partial charge >= 0.3 is 0 Å². The molecule has 0 saturated carbocycles. The lowest BCUT2D eigenvalue weighted by molar-refractivity contribution is 0.0683. The highest BCUT2D eigenvalue weighted by atomic mass is 35.5. The fourth-order valence-corrected chi connectivity index (χ4v) is 4.11. The molecular formula is C23H25ClN4O2. The number of carbonyl (C=O) groups excluding carboxylic acids is 1. The largest absolute Gasteiger partial charge is 0.379 e. The molecule has 1 saturated heterocycles. The van der Waals surface area contributed by atoms with Crippen LogP contribution in [0.15, 0.2) is 47.4 Å². The molecule has 1 aliphatic rings. The van der Waals surface area contributed by atoms with Crippen LogP contribution in [0.5, 0.6) is 0 Å². The number of nitrogens with one attached hydrogen (secondary N) is 1. The van der Waals surface area contributed by atoms with Crippen molar-refractivity contribution in [2.24, 2.45) is 5.92 Å². The third-order valence-corrected chi connectivity index (χ3v) is 5.78. The smallest absolute Gasteiger partial charge is 0.258 e. The first-order chi connectivity index (χ1) is 14.4. The van der Waals surface area contributed by atoms with Crippen LogP contribution in [0, 0.1) is 12.8 Å². The molecule has 6 nitrogen and oxygen atoms in total. The second-order valence-corrected chi connectivity index (χ2v) is 8.48. The Labute approximate surface area is 180 Å². The number of rotatable bonds is 4. The second kappa shape index (κ2) is 8.48. The maximum atomic E-state index is 12.8. The molecule has 1 fully saturated rings.